The van der Waals surface area contributed by atoms with E-state index < -0.39 is 0 Å². The van der Waals surface area contributed by atoms with Gasteiger partial charge in [0.1, 0.15) is 0 Å². The van der Waals surface area contributed by atoms with Crippen molar-refractivity contribution in [2.24, 2.45) is 0 Å². The van der Waals surface area contributed by atoms with Gasteiger partial charge >= 0.3 is 0 Å². The van der Waals surface area contributed by atoms with Crippen LogP contribution in [0, 0.1) is 6.92 Å². The molecule has 4 heteroatoms. The number of aryl methyl sites for hydroxylation is 1. The van der Waals surface area contributed by atoms with Gasteiger partial charge in [-0.05, 0) is 37.9 Å². The molecular formula is C14H20N2OS. The average molecular weight is 264 g/mol. The molecule has 0 unspecified atom stereocenters. The fourth-order valence-corrected chi connectivity index (χ4v) is 2.95. The largest absolute Gasteiger partial charge is 0.351 e. The van der Waals surface area contributed by atoms with Crippen LogP contribution in [0.2, 0.25) is 0 Å². The second kappa shape index (κ2) is 6.81. The van der Waals surface area contributed by atoms with E-state index in [2.05, 4.69) is 29.7 Å². The fraction of sp³-hybridized carbons (Fsp3) is 0.500. The van der Waals surface area contributed by atoms with Crippen molar-refractivity contribution < 1.29 is 4.79 Å². The van der Waals surface area contributed by atoms with E-state index in [4.69, 9.17) is 0 Å². The normalized spacial score (nSPS) is 19.5. The molecular weight excluding hydrogens is 244 g/mol. The third-order valence-electron chi connectivity index (χ3n) is 3.11. The van der Waals surface area contributed by atoms with Crippen LogP contribution in [0.3, 0.4) is 0 Å². The number of thioether (sulfide) groups is 1. The molecule has 0 spiro atoms. The Hall–Kier alpha value is -1.00. The number of nitrogens with one attached hydrogen (secondary N) is 2. The fourth-order valence-electron chi connectivity index (χ4n) is 2.11. The molecule has 98 valence electrons. The van der Waals surface area contributed by atoms with Gasteiger partial charge in [-0.15, -0.1) is 11.8 Å². The predicted octanol–water partition coefficient (Wildman–Crippen LogP) is 1.96. The Morgan fingerprint density at radius 3 is 3.06 bits per heavy atom. The Balaban J connectivity index is 1.76. The topological polar surface area (TPSA) is 41.1 Å². The van der Waals surface area contributed by atoms with Crippen LogP contribution in [0.15, 0.2) is 29.2 Å². The molecule has 1 saturated heterocycles. The molecule has 1 aromatic rings. The summed E-state index contributed by atoms with van der Waals surface area (Å²) < 4.78 is 0. The van der Waals surface area contributed by atoms with E-state index in [0.29, 0.717) is 11.8 Å². The Bertz CT molecular complexity index is 403. The maximum Gasteiger partial charge on any atom is 0.230 e. The molecule has 2 N–H and O–H groups in total. The van der Waals surface area contributed by atoms with Crippen molar-refractivity contribution in [3.63, 3.8) is 0 Å². The number of carbonyl (C=O) groups is 1. The van der Waals surface area contributed by atoms with Crippen LogP contribution in [0.1, 0.15) is 18.4 Å². The Morgan fingerprint density at radius 2 is 2.33 bits per heavy atom. The molecule has 3 nitrogen and oxygen atoms in total. The Morgan fingerprint density at radius 1 is 1.50 bits per heavy atom. The number of hydrogen-bond acceptors (Lipinski definition) is 3. The van der Waals surface area contributed by atoms with Crippen LogP contribution in [0.25, 0.3) is 0 Å². The molecule has 1 aliphatic heterocycles. The monoisotopic (exact) mass is 264 g/mol. The standard InChI is InChI=1S/C14H20N2OS/c1-11-5-2-3-7-13(11)18-10-14(17)16-12-6-4-8-15-9-12/h2-3,5,7,12,15H,4,6,8-10H2,1H3,(H,16,17)/t12-/m0/s1. The first kappa shape index (κ1) is 13.4. The van der Waals surface area contributed by atoms with Crippen LogP contribution >= 0.6 is 11.8 Å². The molecule has 0 aliphatic carbocycles. The van der Waals surface area contributed by atoms with E-state index >= 15 is 0 Å². The van der Waals surface area contributed by atoms with Gasteiger partial charge in [-0.25, -0.2) is 0 Å². The predicted molar refractivity (Wildman–Crippen MR) is 75.9 cm³/mol. The van der Waals surface area contributed by atoms with Gasteiger partial charge < -0.3 is 10.6 Å². The number of carbonyl (C=O) groups excluding carboxylic acids is 1. The van der Waals surface area contributed by atoms with E-state index in [1.165, 1.54) is 10.5 Å². The molecule has 0 bridgehead atoms. The van der Waals surface area contributed by atoms with Crippen molar-refractivity contribution in [3.05, 3.63) is 29.8 Å². The summed E-state index contributed by atoms with van der Waals surface area (Å²) in [5.74, 6) is 0.637. The molecule has 1 fully saturated rings. The summed E-state index contributed by atoms with van der Waals surface area (Å²) in [6.45, 7) is 4.05. The van der Waals surface area contributed by atoms with Crippen molar-refractivity contribution in [2.45, 2.75) is 30.7 Å². The lowest BCUT2D eigenvalue weighted by Gasteiger charge is -2.23. The van der Waals surface area contributed by atoms with Gasteiger partial charge in [-0.2, -0.15) is 0 Å². The van der Waals surface area contributed by atoms with Gasteiger partial charge in [-0.3, -0.25) is 4.79 Å². The second-order valence-electron chi connectivity index (χ2n) is 4.66. The third-order valence-corrected chi connectivity index (χ3v) is 4.29. The maximum absolute atomic E-state index is 11.8. The summed E-state index contributed by atoms with van der Waals surface area (Å²) in [7, 11) is 0. The smallest absolute Gasteiger partial charge is 0.230 e. The molecule has 0 radical (unpaired) electrons. The van der Waals surface area contributed by atoms with Crippen LogP contribution in [-0.2, 0) is 4.79 Å². The van der Waals surface area contributed by atoms with Crippen molar-refractivity contribution in [2.75, 3.05) is 18.8 Å². The molecule has 1 atom stereocenters. The summed E-state index contributed by atoms with van der Waals surface area (Å²) in [5.41, 5.74) is 1.23. The summed E-state index contributed by atoms with van der Waals surface area (Å²) in [6, 6.07) is 8.48. The van der Waals surface area contributed by atoms with Crippen LogP contribution in [-0.4, -0.2) is 30.8 Å². The highest BCUT2D eigenvalue weighted by Crippen LogP contribution is 2.21. The first-order valence-corrected chi connectivity index (χ1v) is 7.43. The van der Waals surface area contributed by atoms with Crippen molar-refractivity contribution >= 4 is 17.7 Å². The van der Waals surface area contributed by atoms with Crippen LogP contribution in [0.5, 0.6) is 0 Å². The molecule has 0 aromatic heterocycles. The summed E-state index contributed by atoms with van der Waals surface area (Å²) in [5, 5.41) is 6.39. The zero-order chi connectivity index (χ0) is 12.8. The van der Waals surface area contributed by atoms with E-state index in [1.54, 1.807) is 11.8 Å². The zero-order valence-corrected chi connectivity index (χ0v) is 11.6. The highest BCUT2D eigenvalue weighted by atomic mass is 32.2. The maximum atomic E-state index is 11.8. The lowest BCUT2D eigenvalue weighted by atomic mass is 10.1. The Labute approximate surface area is 113 Å². The molecule has 0 saturated carbocycles. The molecule has 1 amide bonds. The van der Waals surface area contributed by atoms with Gasteiger partial charge in [0, 0.05) is 17.5 Å². The second-order valence-corrected chi connectivity index (χ2v) is 5.68. The van der Waals surface area contributed by atoms with Gasteiger partial charge in [0.25, 0.3) is 0 Å². The van der Waals surface area contributed by atoms with Gasteiger partial charge in [0.05, 0.1) is 5.75 Å². The van der Waals surface area contributed by atoms with Gasteiger partial charge in [0.15, 0.2) is 0 Å². The molecule has 1 heterocycles. The van der Waals surface area contributed by atoms with Crippen molar-refractivity contribution in [1.82, 2.24) is 10.6 Å². The highest BCUT2D eigenvalue weighted by Gasteiger charge is 2.15. The molecule has 1 aliphatic rings. The molecule has 2 rings (SSSR count). The minimum absolute atomic E-state index is 0.136. The van der Waals surface area contributed by atoms with E-state index in [1.807, 2.05) is 12.1 Å². The summed E-state index contributed by atoms with van der Waals surface area (Å²) >= 11 is 1.61. The Kier molecular flexibility index (Phi) is 5.08. The summed E-state index contributed by atoms with van der Waals surface area (Å²) in [4.78, 5) is 13.0. The number of rotatable bonds is 4. The SMILES string of the molecule is Cc1ccccc1SCC(=O)N[C@H]1CCCNC1. The van der Waals surface area contributed by atoms with Crippen molar-refractivity contribution in [1.29, 1.82) is 0 Å². The lowest BCUT2D eigenvalue weighted by molar-refractivity contribution is -0.119. The number of hydrogen-bond donors (Lipinski definition) is 2. The third kappa shape index (κ3) is 4.03. The van der Waals surface area contributed by atoms with E-state index in [-0.39, 0.29) is 5.91 Å². The van der Waals surface area contributed by atoms with Crippen LogP contribution < -0.4 is 10.6 Å². The quantitative estimate of drug-likeness (QED) is 0.817. The lowest BCUT2D eigenvalue weighted by Crippen LogP contribution is -2.46. The molecule has 1 aromatic carbocycles. The van der Waals surface area contributed by atoms with Gasteiger partial charge in [-0.1, -0.05) is 18.2 Å². The van der Waals surface area contributed by atoms with Crippen molar-refractivity contribution in [3.8, 4) is 0 Å². The summed E-state index contributed by atoms with van der Waals surface area (Å²) in [6.07, 6.45) is 2.24. The number of amides is 1. The average Bonchev–Trinajstić information content (AvgIpc) is 2.39. The highest BCUT2D eigenvalue weighted by molar-refractivity contribution is 8.00. The van der Waals surface area contributed by atoms with E-state index in [0.717, 1.165) is 25.9 Å². The zero-order valence-electron chi connectivity index (χ0n) is 10.7. The minimum Gasteiger partial charge on any atom is -0.351 e. The van der Waals surface area contributed by atoms with Crippen LogP contribution in [0.4, 0.5) is 0 Å². The first-order valence-electron chi connectivity index (χ1n) is 6.44. The van der Waals surface area contributed by atoms with Gasteiger partial charge in [0.2, 0.25) is 5.91 Å². The minimum atomic E-state index is 0.136. The van der Waals surface area contributed by atoms with E-state index in [9.17, 15) is 4.79 Å². The number of piperidine rings is 1. The molecule has 18 heavy (non-hydrogen) atoms. The first-order chi connectivity index (χ1) is 8.75. The number of benzene rings is 1.